The summed E-state index contributed by atoms with van der Waals surface area (Å²) in [4.78, 5) is 0. The molecule has 20 heavy (non-hydrogen) atoms. The van der Waals surface area contributed by atoms with Gasteiger partial charge in [-0.15, -0.1) is 0 Å². The molecule has 2 unspecified atom stereocenters. The van der Waals surface area contributed by atoms with E-state index in [0.717, 1.165) is 43.8 Å². The lowest BCUT2D eigenvalue weighted by atomic mass is 9.91. The van der Waals surface area contributed by atoms with E-state index in [9.17, 15) is 5.11 Å². The summed E-state index contributed by atoms with van der Waals surface area (Å²) in [6.07, 6.45) is 2.52. The number of aliphatic hydroxyl groups excluding tert-OH is 1. The van der Waals surface area contributed by atoms with Crippen LogP contribution in [0.15, 0.2) is 24.3 Å². The number of hydrogen-bond acceptors (Lipinski definition) is 4. The van der Waals surface area contributed by atoms with Crippen LogP contribution in [0.4, 0.5) is 0 Å². The summed E-state index contributed by atoms with van der Waals surface area (Å²) in [5, 5.41) is 9.50. The van der Waals surface area contributed by atoms with Gasteiger partial charge < -0.3 is 19.3 Å². The Hall–Kier alpha value is -1.10. The van der Waals surface area contributed by atoms with E-state index >= 15 is 0 Å². The Labute approximate surface area is 119 Å². The monoisotopic (exact) mass is 278 g/mol. The third kappa shape index (κ3) is 2.97. The summed E-state index contributed by atoms with van der Waals surface area (Å²) in [6.45, 7) is 3.97. The quantitative estimate of drug-likeness (QED) is 0.922. The van der Waals surface area contributed by atoms with E-state index in [0.29, 0.717) is 6.61 Å². The van der Waals surface area contributed by atoms with Crippen molar-refractivity contribution in [1.82, 2.24) is 0 Å². The molecule has 1 spiro atoms. The van der Waals surface area contributed by atoms with Crippen LogP contribution in [0.5, 0.6) is 5.75 Å². The molecule has 2 aliphatic heterocycles. The second-order valence-electron chi connectivity index (χ2n) is 5.81. The summed E-state index contributed by atoms with van der Waals surface area (Å²) in [5.41, 5.74) is 0.785. The second kappa shape index (κ2) is 5.72. The minimum atomic E-state index is -0.439. The van der Waals surface area contributed by atoms with Gasteiger partial charge in [0.1, 0.15) is 11.9 Å². The van der Waals surface area contributed by atoms with Crippen LogP contribution in [-0.4, -0.2) is 36.6 Å². The SMILES string of the molecule is C[C@@H](O)c1ccc(OC2CCOC3(CCOC3)C2)cc1. The fourth-order valence-electron chi connectivity index (χ4n) is 2.96. The van der Waals surface area contributed by atoms with Gasteiger partial charge in [0.15, 0.2) is 0 Å². The highest BCUT2D eigenvalue weighted by atomic mass is 16.6. The standard InChI is InChI=1S/C16H22O4/c1-12(17)13-2-4-14(5-3-13)20-15-6-8-19-16(10-15)7-9-18-11-16/h2-5,12,15,17H,6-11H2,1H3/t12-,15?,16?/m1/s1. The minimum Gasteiger partial charge on any atom is -0.490 e. The largest absolute Gasteiger partial charge is 0.490 e. The molecule has 0 radical (unpaired) electrons. The van der Waals surface area contributed by atoms with Crippen molar-refractivity contribution in [2.75, 3.05) is 19.8 Å². The highest BCUT2D eigenvalue weighted by Gasteiger charge is 2.41. The summed E-state index contributed by atoms with van der Waals surface area (Å²) in [7, 11) is 0. The lowest BCUT2D eigenvalue weighted by molar-refractivity contribution is -0.112. The summed E-state index contributed by atoms with van der Waals surface area (Å²) in [6, 6.07) is 7.67. The van der Waals surface area contributed by atoms with Crippen LogP contribution in [0.25, 0.3) is 0 Å². The van der Waals surface area contributed by atoms with Crippen LogP contribution in [-0.2, 0) is 9.47 Å². The van der Waals surface area contributed by atoms with E-state index in [1.54, 1.807) is 6.92 Å². The average Bonchev–Trinajstić information content (AvgIpc) is 2.87. The molecule has 0 aromatic heterocycles. The van der Waals surface area contributed by atoms with E-state index in [1.807, 2.05) is 24.3 Å². The van der Waals surface area contributed by atoms with Crippen LogP contribution in [0.3, 0.4) is 0 Å². The van der Waals surface area contributed by atoms with E-state index in [1.165, 1.54) is 0 Å². The predicted octanol–water partition coefficient (Wildman–Crippen LogP) is 2.46. The molecule has 2 heterocycles. The molecule has 1 aromatic carbocycles. The van der Waals surface area contributed by atoms with Gasteiger partial charge in [0, 0.05) is 25.9 Å². The van der Waals surface area contributed by atoms with Crippen molar-refractivity contribution in [2.45, 2.75) is 44.0 Å². The molecule has 4 nitrogen and oxygen atoms in total. The maximum Gasteiger partial charge on any atom is 0.119 e. The fourth-order valence-corrected chi connectivity index (χ4v) is 2.96. The van der Waals surface area contributed by atoms with Crippen LogP contribution >= 0.6 is 0 Å². The van der Waals surface area contributed by atoms with Crippen molar-refractivity contribution in [2.24, 2.45) is 0 Å². The molecule has 1 N–H and O–H groups in total. The van der Waals surface area contributed by atoms with Gasteiger partial charge in [-0.05, 0) is 24.6 Å². The Bertz CT molecular complexity index is 434. The van der Waals surface area contributed by atoms with Crippen molar-refractivity contribution >= 4 is 0 Å². The molecule has 0 saturated carbocycles. The summed E-state index contributed by atoms with van der Waals surface area (Å²) < 4.78 is 17.4. The zero-order valence-electron chi connectivity index (χ0n) is 11.9. The first-order valence-corrected chi connectivity index (χ1v) is 7.33. The molecule has 110 valence electrons. The minimum absolute atomic E-state index is 0.123. The number of hydrogen-bond donors (Lipinski definition) is 1. The normalized spacial score (nSPS) is 31.4. The lowest BCUT2D eigenvalue weighted by Gasteiger charge is -2.37. The molecule has 3 rings (SSSR count). The van der Waals surface area contributed by atoms with Crippen molar-refractivity contribution in [3.63, 3.8) is 0 Å². The fraction of sp³-hybridized carbons (Fsp3) is 0.625. The Morgan fingerprint density at radius 2 is 2.10 bits per heavy atom. The number of benzene rings is 1. The van der Waals surface area contributed by atoms with E-state index in [2.05, 4.69) is 0 Å². The molecule has 2 fully saturated rings. The van der Waals surface area contributed by atoms with Gasteiger partial charge >= 0.3 is 0 Å². The Kier molecular flexibility index (Phi) is 3.96. The number of ether oxygens (including phenoxy) is 3. The molecule has 0 aliphatic carbocycles. The van der Waals surface area contributed by atoms with Gasteiger partial charge in [-0.2, -0.15) is 0 Å². The first kappa shape index (κ1) is 13.9. The molecule has 0 amide bonds. The van der Waals surface area contributed by atoms with E-state index in [-0.39, 0.29) is 11.7 Å². The third-order valence-corrected chi connectivity index (χ3v) is 4.18. The van der Waals surface area contributed by atoms with Gasteiger partial charge in [0.25, 0.3) is 0 Å². The Morgan fingerprint density at radius 1 is 1.30 bits per heavy atom. The molecular formula is C16H22O4. The molecule has 4 heteroatoms. The average molecular weight is 278 g/mol. The first-order valence-electron chi connectivity index (χ1n) is 7.33. The highest BCUT2D eigenvalue weighted by molar-refractivity contribution is 5.28. The van der Waals surface area contributed by atoms with Crippen LogP contribution in [0.2, 0.25) is 0 Å². The highest BCUT2D eigenvalue weighted by Crippen LogP contribution is 2.34. The molecular weight excluding hydrogens is 256 g/mol. The predicted molar refractivity (Wildman–Crippen MR) is 74.8 cm³/mol. The maximum absolute atomic E-state index is 9.50. The number of rotatable bonds is 3. The first-order chi connectivity index (χ1) is 9.67. The topological polar surface area (TPSA) is 47.9 Å². The smallest absolute Gasteiger partial charge is 0.119 e. The van der Waals surface area contributed by atoms with Gasteiger partial charge in [0.2, 0.25) is 0 Å². The van der Waals surface area contributed by atoms with Gasteiger partial charge in [0.05, 0.1) is 24.9 Å². The zero-order chi connectivity index (χ0) is 14.0. The van der Waals surface area contributed by atoms with Gasteiger partial charge in [-0.25, -0.2) is 0 Å². The van der Waals surface area contributed by atoms with Gasteiger partial charge in [-0.1, -0.05) is 12.1 Å². The van der Waals surface area contributed by atoms with E-state index in [4.69, 9.17) is 14.2 Å². The zero-order valence-corrected chi connectivity index (χ0v) is 11.9. The van der Waals surface area contributed by atoms with Crippen LogP contribution < -0.4 is 4.74 Å². The third-order valence-electron chi connectivity index (χ3n) is 4.18. The molecule has 3 atom stereocenters. The Balaban J connectivity index is 1.62. The van der Waals surface area contributed by atoms with Crippen molar-refractivity contribution < 1.29 is 19.3 Å². The molecule has 1 aromatic rings. The van der Waals surface area contributed by atoms with Crippen LogP contribution in [0, 0.1) is 0 Å². The van der Waals surface area contributed by atoms with Crippen molar-refractivity contribution in [1.29, 1.82) is 0 Å². The summed E-state index contributed by atoms with van der Waals surface area (Å²) >= 11 is 0. The van der Waals surface area contributed by atoms with Crippen LogP contribution in [0.1, 0.15) is 37.9 Å². The maximum atomic E-state index is 9.50. The molecule has 2 aliphatic rings. The van der Waals surface area contributed by atoms with Crippen molar-refractivity contribution in [3.8, 4) is 5.75 Å². The Morgan fingerprint density at radius 3 is 2.75 bits per heavy atom. The van der Waals surface area contributed by atoms with E-state index < -0.39 is 6.10 Å². The second-order valence-corrected chi connectivity index (χ2v) is 5.81. The molecule has 2 saturated heterocycles. The lowest BCUT2D eigenvalue weighted by Crippen LogP contribution is -2.44. The summed E-state index contributed by atoms with van der Waals surface area (Å²) in [5.74, 6) is 0.857. The van der Waals surface area contributed by atoms with Gasteiger partial charge in [-0.3, -0.25) is 0 Å². The number of aliphatic hydroxyl groups is 1. The molecule has 0 bridgehead atoms. The van der Waals surface area contributed by atoms with Crippen molar-refractivity contribution in [3.05, 3.63) is 29.8 Å².